The molecule has 62 heavy (non-hydrogen) atoms. The first kappa shape index (κ1) is 48.4. The van der Waals surface area contributed by atoms with Gasteiger partial charge in [-0.05, 0) is 57.0 Å². The molecule has 2 N–H and O–H groups in total. The molecule has 0 bridgehead atoms. The number of halogens is 1. The van der Waals surface area contributed by atoms with Gasteiger partial charge < -0.3 is 33.9 Å². The number of nitrogens with zero attached hydrogens (tertiary/aromatic N) is 3. The van der Waals surface area contributed by atoms with E-state index in [0.717, 1.165) is 18.4 Å². The van der Waals surface area contributed by atoms with Gasteiger partial charge >= 0.3 is 7.82 Å². The van der Waals surface area contributed by atoms with Gasteiger partial charge in [-0.15, -0.1) is 0 Å². The number of phosphoric ester groups is 1. The van der Waals surface area contributed by atoms with Crippen molar-refractivity contribution in [2.24, 2.45) is 0 Å². The molecule has 15 heteroatoms. The number of nitrogens with two attached hydrogens (primary N) is 1. The Morgan fingerprint density at radius 2 is 1.47 bits per heavy atom. The number of hydrogen-bond acceptors (Lipinski definition) is 12. The molecule has 2 aliphatic heterocycles. The molecule has 4 heterocycles. The lowest BCUT2D eigenvalue weighted by Gasteiger charge is -2.32. The van der Waals surface area contributed by atoms with Gasteiger partial charge in [-0.2, -0.15) is 5.10 Å². The zero-order valence-corrected chi connectivity index (χ0v) is 38.7. The molecule has 6 rings (SSSR count). The lowest BCUT2D eigenvalue weighted by molar-refractivity contribution is -0.212. The van der Waals surface area contributed by atoms with E-state index in [9.17, 15) is 4.57 Å². The molecule has 0 radical (unpaired) electrons. The summed E-state index contributed by atoms with van der Waals surface area (Å²) in [6.07, 6.45) is 17.0. The Kier molecular flexibility index (Phi) is 18.5. The zero-order chi connectivity index (χ0) is 43.8. The van der Waals surface area contributed by atoms with E-state index in [2.05, 4.69) is 17.0 Å². The smallest absolute Gasteiger partial charge is 0.402 e. The molecule has 2 saturated heterocycles. The molecule has 0 amide bonds. The van der Waals surface area contributed by atoms with Crippen LogP contribution in [0.5, 0.6) is 5.75 Å². The molecular weight excluding hydrogens is 831 g/mol. The first-order chi connectivity index (χ1) is 30.0. The van der Waals surface area contributed by atoms with Crippen molar-refractivity contribution < 1.29 is 41.8 Å². The van der Waals surface area contributed by atoms with Crippen LogP contribution in [0.15, 0.2) is 73.1 Å². The molecule has 6 atom stereocenters. The normalized spacial score (nSPS) is 22.2. The fraction of sp³-hybridized carbons (Fsp3) is 0.617. The highest BCUT2D eigenvalue weighted by Gasteiger charge is 2.62. The molecule has 13 nitrogen and oxygen atoms in total. The standard InChI is InChI=1S/C47H68ClN4O9P/c1-5-6-7-8-9-10-11-12-13-14-15-16-17-23-30-54-32-37(55-31-36-24-19-18-20-25-36)33-56-62(53,61-41-27-22-21-26-38(41)48)57-34-47(4)44-43(58-46(2,3)60-44)42(59-47)39-28-29-40-45(49)50-35-51-52(39)40/h18-22,24-29,35,37,42-44H,5-17,23,30-34H2,1-4H3,(H2,49,50,51)/t37-,42-,43-,44-,47+,62?/m0/s1. The molecule has 0 saturated carbocycles. The highest BCUT2D eigenvalue weighted by molar-refractivity contribution is 7.49. The minimum atomic E-state index is -4.42. The molecule has 2 aliphatic rings. The number of phosphoric acid groups is 1. The molecule has 4 aromatic rings. The number of unbranched alkanes of at least 4 members (excludes halogenated alkanes) is 13. The number of aromatic nitrogens is 3. The molecule has 2 fully saturated rings. The summed E-state index contributed by atoms with van der Waals surface area (Å²) in [7, 11) is -4.42. The third kappa shape index (κ3) is 13.9. The third-order valence-electron chi connectivity index (χ3n) is 11.5. The average molecular weight is 900 g/mol. The summed E-state index contributed by atoms with van der Waals surface area (Å²) in [5, 5.41) is 4.67. The van der Waals surface area contributed by atoms with Gasteiger partial charge in [0.2, 0.25) is 0 Å². The number of ether oxygens (including phenoxy) is 5. The van der Waals surface area contributed by atoms with Crippen molar-refractivity contribution in [2.75, 3.05) is 32.2 Å². The maximum absolute atomic E-state index is 14.8. The molecule has 0 spiro atoms. The minimum absolute atomic E-state index is 0.139. The van der Waals surface area contributed by atoms with Crippen molar-refractivity contribution in [2.45, 2.75) is 160 Å². The van der Waals surface area contributed by atoms with E-state index < -0.39 is 43.6 Å². The van der Waals surface area contributed by atoms with Crippen LogP contribution in [-0.2, 0) is 43.9 Å². The zero-order valence-electron chi connectivity index (χ0n) is 37.1. The van der Waals surface area contributed by atoms with Crippen molar-refractivity contribution in [3.8, 4) is 5.75 Å². The highest BCUT2D eigenvalue weighted by Crippen LogP contribution is 2.55. The summed E-state index contributed by atoms with van der Waals surface area (Å²) < 4.78 is 66.8. The predicted octanol–water partition coefficient (Wildman–Crippen LogP) is 11.6. The first-order valence-electron chi connectivity index (χ1n) is 22.7. The van der Waals surface area contributed by atoms with E-state index >= 15 is 0 Å². The number of rotatable bonds is 29. The quantitative estimate of drug-likeness (QED) is 0.0408. The number of para-hydroxylation sites is 1. The van der Waals surface area contributed by atoms with E-state index in [1.54, 1.807) is 28.8 Å². The number of benzene rings is 2. The minimum Gasteiger partial charge on any atom is -0.402 e. The van der Waals surface area contributed by atoms with Crippen molar-refractivity contribution >= 4 is 30.8 Å². The molecule has 0 aliphatic carbocycles. The van der Waals surface area contributed by atoms with E-state index in [4.69, 9.17) is 54.6 Å². The fourth-order valence-corrected chi connectivity index (χ4v) is 9.67. The van der Waals surface area contributed by atoms with Crippen molar-refractivity contribution in [1.29, 1.82) is 0 Å². The second-order valence-corrected chi connectivity index (χ2v) is 19.2. The van der Waals surface area contributed by atoms with Crippen molar-refractivity contribution in [1.82, 2.24) is 14.6 Å². The van der Waals surface area contributed by atoms with Gasteiger partial charge in [0.05, 0.1) is 37.1 Å². The highest BCUT2D eigenvalue weighted by atomic mass is 35.5. The SMILES string of the molecule is CCCCCCCCCCCCCCCCOC[C@@H](COP(=O)(OC[C@@]1(C)O[C@@H](c2ccc3c(N)ncnn23)[C@@H]2OC(C)(C)O[C@@H]21)Oc1ccccc1Cl)OCc1ccccc1. The van der Waals surface area contributed by atoms with Crippen LogP contribution < -0.4 is 10.3 Å². The third-order valence-corrected chi connectivity index (χ3v) is 13.1. The maximum atomic E-state index is 14.8. The summed E-state index contributed by atoms with van der Waals surface area (Å²) in [6, 6.07) is 20.3. The van der Waals surface area contributed by atoms with Crippen LogP contribution in [0.3, 0.4) is 0 Å². The number of nitrogen functional groups attached to an aromatic ring is 1. The fourth-order valence-electron chi connectivity index (χ4n) is 8.10. The van der Waals surface area contributed by atoms with Crippen LogP contribution in [0, 0.1) is 0 Å². The summed E-state index contributed by atoms with van der Waals surface area (Å²) in [5.41, 5.74) is 7.27. The summed E-state index contributed by atoms with van der Waals surface area (Å²) in [5.74, 6) is -0.471. The van der Waals surface area contributed by atoms with Crippen LogP contribution in [0.25, 0.3) is 5.52 Å². The second-order valence-electron chi connectivity index (χ2n) is 17.2. The van der Waals surface area contributed by atoms with Crippen LogP contribution in [0.4, 0.5) is 5.82 Å². The van der Waals surface area contributed by atoms with E-state index in [1.165, 1.54) is 83.4 Å². The van der Waals surface area contributed by atoms with Crippen LogP contribution in [0.1, 0.15) is 135 Å². The van der Waals surface area contributed by atoms with E-state index in [1.807, 2.05) is 63.2 Å². The maximum Gasteiger partial charge on any atom is 0.530 e. The van der Waals surface area contributed by atoms with Gasteiger partial charge in [0.25, 0.3) is 0 Å². The lowest BCUT2D eigenvalue weighted by atomic mass is 9.97. The summed E-state index contributed by atoms with van der Waals surface area (Å²) in [4.78, 5) is 4.12. The van der Waals surface area contributed by atoms with Gasteiger partial charge in [-0.1, -0.05) is 144 Å². The summed E-state index contributed by atoms with van der Waals surface area (Å²) >= 11 is 6.50. The Labute approximate surface area is 373 Å². The lowest BCUT2D eigenvalue weighted by Crippen LogP contribution is -2.44. The number of anilines is 1. The Bertz CT molecular complexity index is 1990. The van der Waals surface area contributed by atoms with Gasteiger partial charge in [0, 0.05) is 6.61 Å². The van der Waals surface area contributed by atoms with Crippen molar-refractivity contribution in [3.05, 3.63) is 89.3 Å². The Morgan fingerprint density at radius 1 is 0.806 bits per heavy atom. The van der Waals surface area contributed by atoms with Gasteiger partial charge in [0.1, 0.15) is 47.6 Å². The number of hydrogen-bond donors (Lipinski definition) is 1. The van der Waals surface area contributed by atoms with E-state index in [-0.39, 0.29) is 30.6 Å². The second kappa shape index (κ2) is 23.7. The van der Waals surface area contributed by atoms with Crippen LogP contribution in [-0.4, -0.2) is 70.7 Å². The van der Waals surface area contributed by atoms with Gasteiger partial charge in [-0.3, -0.25) is 9.05 Å². The molecule has 342 valence electrons. The van der Waals surface area contributed by atoms with Gasteiger partial charge in [0.15, 0.2) is 11.6 Å². The van der Waals surface area contributed by atoms with Crippen LogP contribution in [0.2, 0.25) is 5.02 Å². The Morgan fingerprint density at radius 3 is 2.16 bits per heavy atom. The number of fused-ring (bicyclic) bond motifs is 2. The predicted molar refractivity (Wildman–Crippen MR) is 241 cm³/mol. The van der Waals surface area contributed by atoms with Crippen molar-refractivity contribution in [3.63, 3.8) is 0 Å². The molecule has 1 unspecified atom stereocenters. The largest absolute Gasteiger partial charge is 0.530 e. The molecule has 2 aromatic heterocycles. The Balaban J connectivity index is 1.06. The topological polar surface area (TPSA) is 147 Å². The van der Waals surface area contributed by atoms with Crippen LogP contribution >= 0.6 is 19.4 Å². The molecule has 2 aromatic carbocycles. The Hall–Kier alpha value is -3.10. The van der Waals surface area contributed by atoms with Gasteiger partial charge in [-0.25, -0.2) is 14.1 Å². The average Bonchev–Trinajstić information content (AvgIpc) is 3.92. The van der Waals surface area contributed by atoms with E-state index in [0.29, 0.717) is 30.2 Å². The first-order valence-corrected chi connectivity index (χ1v) is 24.5. The molecular formula is C47H68ClN4O9P. The summed E-state index contributed by atoms with van der Waals surface area (Å²) in [6.45, 7) is 8.49. The monoisotopic (exact) mass is 898 g/mol.